The van der Waals surface area contributed by atoms with Crippen molar-refractivity contribution in [2.24, 2.45) is 0 Å². The van der Waals surface area contributed by atoms with Crippen LogP contribution in [0, 0.1) is 19.3 Å². The molecule has 0 unspecified atom stereocenters. The van der Waals surface area contributed by atoms with E-state index in [1.54, 1.807) is 37.5 Å². The Morgan fingerprint density at radius 1 is 1.35 bits per heavy atom. The van der Waals surface area contributed by atoms with Crippen molar-refractivity contribution in [2.75, 3.05) is 27.7 Å². The quantitative estimate of drug-likeness (QED) is 0.562. The maximum atomic E-state index is 12.4. The second-order valence-corrected chi connectivity index (χ2v) is 4.78. The molecule has 0 saturated heterocycles. The summed E-state index contributed by atoms with van der Waals surface area (Å²) in [5.41, 5.74) is 1.55. The van der Waals surface area contributed by atoms with Gasteiger partial charge in [0.1, 0.15) is 5.75 Å². The maximum Gasteiger partial charge on any atom is 0.254 e. The standard InChI is InChI=1S/C15H20N2O2.C2H3NO2.C2H6/c1-6-12(16-3)10-17(4)15(18)14-9-13(19-5)8-7-11(14)2;4-1-3-2-5;1-2/h1,7-9,12,16H,10H2,2-5H3;1-2H,(H,3,4,5);1-2H3/t12-;;/m1../s1. The highest BCUT2D eigenvalue weighted by atomic mass is 16.5. The minimum atomic E-state index is -0.153. The second-order valence-electron chi connectivity index (χ2n) is 4.78. The number of benzene rings is 1. The van der Waals surface area contributed by atoms with E-state index in [2.05, 4.69) is 11.2 Å². The highest BCUT2D eigenvalue weighted by Gasteiger charge is 2.17. The maximum absolute atomic E-state index is 12.4. The van der Waals surface area contributed by atoms with Crippen molar-refractivity contribution in [2.45, 2.75) is 26.8 Å². The number of likely N-dealkylation sites (N-methyl/N-ethyl adjacent to an activating group) is 2. The Bertz CT molecular complexity index is 591. The SMILES string of the molecule is C#C[C@H](CN(C)C(=O)c1cc(OC)ccc1C)NC.CC.O=CNC=O. The van der Waals surface area contributed by atoms with E-state index in [9.17, 15) is 4.79 Å². The number of carbonyl (C=O) groups excluding carboxylic acids is 3. The number of nitrogens with one attached hydrogen (secondary N) is 2. The minimum absolute atomic E-state index is 0.0631. The van der Waals surface area contributed by atoms with Crippen LogP contribution >= 0.6 is 0 Å². The molecule has 0 bridgehead atoms. The van der Waals surface area contributed by atoms with Crippen LogP contribution in [0.5, 0.6) is 5.75 Å². The van der Waals surface area contributed by atoms with Gasteiger partial charge >= 0.3 is 0 Å². The Kier molecular flexibility index (Phi) is 15.3. The molecule has 7 heteroatoms. The Morgan fingerprint density at radius 3 is 2.31 bits per heavy atom. The molecule has 1 aromatic carbocycles. The number of rotatable bonds is 7. The third-order valence-electron chi connectivity index (χ3n) is 3.16. The first kappa shape index (κ1) is 25.4. The van der Waals surface area contributed by atoms with Crippen molar-refractivity contribution in [3.8, 4) is 18.1 Å². The van der Waals surface area contributed by atoms with E-state index in [4.69, 9.17) is 20.7 Å². The topological polar surface area (TPSA) is 87.7 Å². The van der Waals surface area contributed by atoms with E-state index < -0.39 is 0 Å². The fraction of sp³-hybridized carbons (Fsp3) is 0.421. The first-order valence-corrected chi connectivity index (χ1v) is 8.11. The van der Waals surface area contributed by atoms with E-state index in [1.807, 2.05) is 32.9 Å². The van der Waals surface area contributed by atoms with Gasteiger partial charge in [0.2, 0.25) is 12.8 Å². The normalized spacial score (nSPS) is 9.73. The molecule has 0 aliphatic carbocycles. The summed E-state index contributed by atoms with van der Waals surface area (Å²) in [5.74, 6) is 3.20. The average molecular weight is 363 g/mol. The fourth-order valence-electron chi connectivity index (χ4n) is 1.78. The highest BCUT2D eigenvalue weighted by molar-refractivity contribution is 5.96. The molecular weight excluding hydrogens is 334 g/mol. The van der Waals surface area contributed by atoms with Crippen LogP contribution in [0.2, 0.25) is 0 Å². The van der Waals surface area contributed by atoms with Crippen molar-refractivity contribution in [1.29, 1.82) is 0 Å². The summed E-state index contributed by atoms with van der Waals surface area (Å²) in [4.78, 5) is 32.1. The summed E-state index contributed by atoms with van der Waals surface area (Å²) in [5, 5.41) is 4.72. The molecule has 0 heterocycles. The molecule has 0 aromatic heterocycles. The Balaban J connectivity index is 0. The molecule has 0 saturated carbocycles. The molecule has 0 aliphatic rings. The first-order chi connectivity index (χ1) is 12.4. The van der Waals surface area contributed by atoms with Crippen LogP contribution in [0.1, 0.15) is 29.8 Å². The highest BCUT2D eigenvalue weighted by Crippen LogP contribution is 2.18. The summed E-state index contributed by atoms with van der Waals surface area (Å²) >= 11 is 0. The van der Waals surface area contributed by atoms with Crippen molar-refractivity contribution >= 4 is 18.7 Å². The minimum Gasteiger partial charge on any atom is -0.497 e. The predicted molar refractivity (Wildman–Crippen MR) is 103 cm³/mol. The van der Waals surface area contributed by atoms with Gasteiger partial charge in [-0.1, -0.05) is 25.8 Å². The van der Waals surface area contributed by atoms with Gasteiger partial charge in [0.15, 0.2) is 0 Å². The van der Waals surface area contributed by atoms with E-state index in [-0.39, 0.29) is 11.9 Å². The Hall–Kier alpha value is -2.85. The Morgan fingerprint density at radius 2 is 1.92 bits per heavy atom. The number of nitrogens with zero attached hydrogens (tertiary/aromatic N) is 1. The summed E-state index contributed by atoms with van der Waals surface area (Å²) in [6.45, 7) is 6.36. The molecule has 2 N–H and O–H groups in total. The van der Waals surface area contributed by atoms with E-state index in [0.717, 1.165) is 5.56 Å². The summed E-state index contributed by atoms with van der Waals surface area (Å²) in [7, 11) is 5.10. The molecule has 0 fully saturated rings. The molecule has 144 valence electrons. The van der Waals surface area contributed by atoms with Gasteiger partial charge in [-0.2, -0.15) is 0 Å². The lowest BCUT2D eigenvalue weighted by Gasteiger charge is -2.21. The van der Waals surface area contributed by atoms with Crippen molar-refractivity contribution in [3.63, 3.8) is 0 Å². The zero-order valence-electron chi connectivity index (χ0n) is 16.3. The molecule has 1 atom stereocenters. The lowest BCUT2D eigenvalue weighted by atomic mass is 10.1. The van der Waals surface area contributed by atoms with Crippen LogP contribution in [-0.2, 0) is 9.59 Å². The summed E-state index contributed by atoms with van der Waals surface area (Å²) in [6.07, 6.45) is 6.00. The van der Waals surface area contributed by atoms with Gasteiger partial charge in [0.25, 0.3) is 5.91 Å². The van der Waals surface area contributed by atoms with Gasteiger partial charge in [-0.05, 0) is 31.7 Å². The van der Waals surface area contributed by atoms with Gasteiger partial charge in [-0.3, -0.25) is 14.4 Å². The smallest absolute Gasteiger partial charge is 0.254 e. The zero-order valence-corrected chi connectivity index (χ0v) is 16.3. The van der Waals surface area contributed by atoms with Gasteiger partial charge in [-0.25, -0.2) is 0 Å². The molecule has 0 spiro atoms. The van der Waals surface area contributed by atoms with E-state index in [0.29, 0.717) is 30.7 Å². The van der Waals surface area contributed by atoms with Gasteiger partial charge in [-0.15, -0.1) is 6.42 Å². The molecular formula is C19H29N3O4. The largest absolute Gasteiger partial charge is 0.497 e. The number of amides is 3. The van der Waals surface area contributed by atoms with Gasteiger partial charge in [0.05, 0.1) is 13.2 Å². The molecule has 7 nitrogen and oxygen atoms in total. The van der Waals surface area contributed by atoms with Gasteiger partial charge in [0, 0.05) is 19.2 Å². The third kappa shape index (κ3) is 9.45. The van der Waals surface area contributed by atoms with Crippen LogP contribution in [0.25, 0.3) is 0 Å². The molecule has 1 aromatic rings. The summed E-state index contributed by atoms with van der Waals surface area (Å²) < 4.78 is 5.15. The molecule has 26 heavy (non-hydrogen) atoms. The molecule has 0 aliphatic heterocycles. The average Bonchev–Trinajstić information content (AvgIpc) is 2.68. The lowest BCUT2D eigenvalue weighted by Crippen LogP contribution is -2.39. The number of aryl methyl sites for hydroxylation is 1. The van der Waals surface area contributed by atoms with Crippen molar-refractivity contribution < 1.29 is 19.1 Å². The number of methoxy groups -OCH3 is 1. The number of imide groups is 1. The third-order valence-corrected chi connectivity index (χ3v) is 3.16. The van der Waals surface area contributed by atoms with Crippen LogP contribution < -0.4 is 15.4 Å². The predicted octanol–water partition coefficient (Wildman–Crippen LogP) is 1.21. The number of carbonyl (C=O) groups is 3. The molecule has 1 rings (SSSR count). The number of terminal acetylenes is 1. The van der Waals surface area contributed by atoms with E-state index >= 15 is 0 Å². The van der Waals surface area contributed by atoms with Gasteiger partial charge < -0.3 is 20.3 Å². The summed E-state index contributed by atoms with van der Waals surface area (Å²) in [6, 6.07) is 5.30. The van der Waals surface area contributed by atoms with Crippen LogP contribution in [0.3, 0.4) is 0 Å². The molecule has 0 radical (unpaired) electrons. The second kappa shape index (κ2) is 15.7. The Labute approximate surface area is 156 Å². The number of hydrogen-bond acceptors (Lipinski definition) is 5. The van der Waals surface area contributed by atoms with Crippen molar-refractivity contribution in [3.05, 3.63) is 29.3 Å². The molecule has 3 amide bonds. The van der Waals surface area contributed by atoms with E-state index in [1.165, 1.54) is 0 Å². The van der Waals surface area contributed by atoms with Crippen molar-refractivity contribution in [1.82, 2.24) is 15.5 Å². The number of hydrogen-bond donors (Lipinski definition) is 2. The van der Waals surface area contributed by atoms with Crippen LogP contribution in [0.4, 0.5) is 0 Å². The zero-order chi connectivity index (χ0) is 20.5. The first-order valence-electron chi connectivity index (χ1n) is 8.11. The number of ether oxygens (including phenoxy) is 1. The fourth-order valence-corrected chi connectivity index (χ4v) is 1.78. The van der Waals surface area contributed by atoms with Crippen LogP contribution in [-0.4, -0.2) is 57.4 Å². The lowest BCUT2D eigenvalue weighted by molar-refractivity contribution is -0.117. The monoisotopic (exact) mass is 363 g/mol. The van der Waals surface area contributed by atoms with Crippen LogP contribution in [0.15, 0.2) is 18.2 Å².